The zero-order valence-corrected chi connectivity index (χ0v) is 13.2. The fourth-order valence-corrected chi connectivity index (χ4v) is 2.91. The van der Waals surface area contributed by atoms with Crippen LogP contribution in [0.25, 0.3) is 0 Å². The Kier molecular flexibility index (Phi) is 4.97. The average molecular weight is 362 g/mol. The Labute approximate surface area is 130 Å². The number of ether oxygens (including phenoxy) is 2. The van der Waals surface area contributed by atoms with Crippen molar-refractivity contribution < 1.29 is 9.47 Å². The lowest BCUT2D eigenvalue weighted by atomic mass is 10.2. The predicted octanol–water partition coefficient (Wildman–Crippen LogP) is 5.34. The Bertz CT molecular complexity index is 547. The van der Waals surface area contributed by atoms with E-state index in [-0.39, 0.29) is 0 Å². The highest BCUT2D eigenvalue weighted by Crippen LogP contribution is 2.36. The van der Waals surface area contributed by atoms with E-state index in [4.69, 9.17) is 32.7 Å². The summed E-state index contributed by atoms with van der Waals surface area (Å²) in [6.45, 7) is 0.421. The van der Waals surface area contributed by atoms with E-state index in [0.29, 0.717) is 22.4 Å². The van der Waals surface area contributed by atoms with E-state index in [1.807, 2.05) is 24.3 Å². The van der Waals surface area contributed by atoms with E-state index in [2.05, 4.69) is 15.9 Å². The summed E-state index contributed by atoms with van der Waals surface area (Å²) in [5.74, 6) is 1.40. The maximum atomic E-state index is 6.09. The largest absolute Gasteiger partial charge is 0.497 e. The minimum atomic E-state index is 0.421. The van der Waals surface area contributed by atoms with Crippen molar-refractivity contribution >= 4 is 39.1 Å². The van der Waals surface area contributed by atoms with Gasteiger partial charge in [-0.15, -0.1) is 0 Å². The van der Waals surface area contributed by atoms with Crippen LogP contribution in [-0.4, -0.2) is 7.11 Å². The molecule has 0 N–H and O–H groups in total. The van der Waals surface area contributed by atoms with Crippen LogP contribution in [0, 0.1) is 0 Å². The first-order valence-corrected chi connectivity index (χ1v) is 7.05. The average Bonchev–Trinajstić information content (AvgIpc) is 2.38. The quantitative estimate of drug-likeness (QED) is 0.731. The van der Waals surface area contributed by atoms with Crippen molar-refractivity contribution in [1.82, 2.24) is 0 Å². The van der Waals surface area contributed by atoms with Gasteiger partial charge in [-0.3, -0.25) is 0 Å². The first-order valence-electron chi connectivity index (χ1n) is 5.50. The van der Waals surface area contributed by atoms with Gasteiger partial charge in [0.1, 0.15) is 12.4 Å². The number of hydrogen-bond acceptors (Lipinski definition) is 2. The van der Waals surface area contributed by atoms with E-state index in [0.717, 1.165) is 15.8 Å². The summed E-state index contributed by atoms with van der Waals surface area (Å²) in [6.07, 6.45) is 0. The molecule has 0 saturated heterocycles. The molecule has 0 fully saturated rings. The van der Waals surface area contributed by atoms with Gasteiger partial charge < -0.3 is 9.47 Å². The van der Waals surface area contributed by atoms with Crippen LogP contribution in [0.5, 0.6) is 11.5 Å². The Morgan fingerprint density at radius 3 is 2.37 bits per heavy atom. The summed E-state index contributed by atoms with van der Waals surface area (Å²) in [6, 6.07) is 11.1. The first-order chi connectivity index (χ1) is 9.10. The highest BCUT2D eigenvalue weighted by molar-refractivity contribution is 9.10. The molecule has 0 radical (unpaired) electrons. The Morgan fingerprint density at radius 2 is 1.79 bits per heavy atom. The van der Waals surface area contributed by atoms with Crippen LogP contribution >= 0.6 is 39.1 Å². The van der Waals surface area contributed by atoms with E-state index in [1.54, 1.807) is 19.2 Å². The zero-order valence-electron chi connectivity index (χ0n) is 10.1. The molecular weight excluding hydrogens is 351 g/mol. The predicted molar refractivity (Wildman–Crippen MR) is 81.5 cm³/mol. The molecular formula is C14H11BrCl2O2. The maximum Gasteiger partial charge on any atom is 0.152 e. The molecule has 0 amide bonds. The molecule has 0 aliphatic rings. The molecule has 0 unspecified atom stereocenters. The third-order valence-electron chi connectivity index (χ3n) is 2.51. The van der Waals surface area contributed by atoms with Crippen molar-refractivity contribution in [2.75, 3.05) is 7.11 Å². The van der Waals surface area contributed by atoms with Crippen molar-refractivity contribution in [2.24, 2.45) is 0 Å². The van der Waals surface area contributed by atoms with Crippen LogP contribution in [0.3, 0.4) is 0 Å². The van der Waals surface area contributed by atoms with Gasteiger partial charge in [-0.2, -0.15) is 0 Å². The fourth-order valence-electron chi connectivity index (χ4n) is 1.54. The van der Waals surface area contributed by atoms with Crippen LogP contribution in [0.4, 0.5) is 0 Å². The molecule has 2 aromatic rings. The molecule has 0 spiro atoms. The summed E-state index contributed by atoms with van der Waals surface area (Å²) < 4.78 is 11.5. The summed E-state index contributed by atoms with van der Waals surface area (Å²) >= 11 is 15.4. The summed E-state index contributed by atoms with van der Waals surface area (Å²) in [5, 5.41) is 1.04. The van der Waals surface area contributed by atoms with E-state index in [1.165, 1.54) is 0 Å². The molecule has 2 nitrogen and oxygen atoms in total. The maximum absolute atomic E-state index is 6.09. The third-order valence-corrected chi connectivity index (χ3v) is 3.59. The molecule has 0 saturated carbocycles. The van der Waals surface area contributed by atoms with Crippen LogP contribution in [0.1, 0.15) is 5.56 Å². The van der Waals surface area contributed by atoms with E-state index >= 15 is 0 Å². The second-order valence-electron chi connectivity index (χ2n) is 3.84. The number of methoxy groups -OCH3 is 1. The monoisotopic (exact) mass is 360 g/mol. The van der Waals surface area contributed by atoms with Gasteiger partial charge in [-0.1, -0.05) is 35.3 Å². The summed E-state index contributed by atoms with van der Waals surface area (Å²) in [5.41, 5.74) is 1.03. The van der Waals surface area contributed by atoms with Crippen molar-refractivity contribution in [3.05, 3.63) is 56.5 Å². The van der Waals surface area contributed by atoms with E-state index < -0.39 is 0 Å². The topological polar surface area (TPSA) is 18.5 Å². The van der Waals surface area contributed by atoms with Gasteiger partial charge in [0, 0.05) is 5.02 Å². The second-order valence-corrected chi connectivity index (χ2v) is 5.53. The fraction of sp³-hybridized carbons (Fsp3) is 0.143. The minimum Gasteiger partial charge on any atom is -0.497 e. The van der Waals surface area contributed by atoms with Crippen molar-refractivity contribution in [3.63, 3.8) is 0 Å². The molecule has 19 heavy (non-hydrogen) atoms. The minimum absolute atomic E-state index is 0.421. The van der Waals surface area contributed by atoms with Gasteiger partial charge in [0.2, 0.25) is 0 Å². The van der Waals surface area contributed by atoms with E-state index in [9.17, 15) is 0 Å². The second kappa shape index (κ2) is 6.51. The lowest BCUT2D eigenvalue weighted by molar-refractivity contribution is 0.304. The SMILES string of the molecule is COc1ccc(COc2c(Cl)cc(Cl)cc2Br)cc1. The van der Waals surface area contributed by atoms with Crippen molar-refractivity contribution in [2.45, 2.75) is 6.61 Å². The molecule has 0 aliphatic heterocycles. The van der Waals surface area contributed by atoms with Gasteiger partial charge in [-0.05, 0) is 45.8 Å². The van der Waals surface area contributed by atoms with Gasteiger partial charge in [0.05, 0.1) is 16.6 Å². The smallest absolute Gasteiger partial charge is 0.152 e. The number of hydrogen-bond donors (Lipinski definition) is 0. The molecule has 0 aromatic heterocycles. The highest BCUT2D eigenvalue weighted by atomic mass is 79.9. The molecule has 100 valence electrons. The first kappa shape index (κ1) is 14.5. The molecule has 2 rings (SSSR count). The standard InChI is InChI=1S/C14H11BrCl2O2/c1-18-11-4-2-9(3-5-11)8-19-14-12(15)6-10(16)7-13(14)17/h2-7H,8H2,1H3. The molecule has 0 atom stereocenters. The number of rotatable bonds is 4. The van der Waals surface area contributed by atoms with Crippen molar-refractivity contribution in [3.8, 4) is 11.5 Å². The zero-order chi connectivity index (χ0) is 13.8. The molecule has 0 aliphatic carbocycles. The normalized spacial score (nSPS) is 10.3. The summed E-state index contributed by atoms with van der Waals surface area (Å²) in [7, 11) is 1.64. The molecule has 5 heteroatoms. The van der Waals surface area contributed by atoms with Gasteiger partial charge in [0.25, 0.3) is 0 Å². The Balaban J connectivity index is 2.10. The number of halogens is 3. The number of benzene rings is 2. The lowest BCUT2D eigenvalue weighted by Gasteiger charge is -2.11. The van der Waals surface area contributed by atoms with Crippen molar-refractivity contribution in [1.29, 1.82) is 0 Å². The van der Waals surface area contributed by atoms with Crippen LogP contribution < -0.4 is 9.47 Å². The van der Waals surface area contributed by atoms with Crippen LogP contribution in [0.15, 0.2) is 40.9 Å². The van der Waals surface area contributed by atoms with Gasteiger partial charge in [0.15, 0.2) is 5.75 Å². The summed E-state index contributed by atoms with van der Waals surface area (Å²) in [4.78, 5) is 0. The molecule has 2 aromatic carbocycles. The Hall–Kier alpha value is -0.900. The Morgan fingerprint density at radius 1 is 1.11 bits per heavy atom. The van der Waals surface area contributed by atoms with Crippen LogP contribution in [0.2, 0.25) is 10.0 Å². The molecule has 0 heterocycles. The highest BCUT2D eigenvalue weighted by Gasteiger charge is 2.09. The lowest BCUT2D eigenvalue weighted by Crippen LogP contribution is -1.97. The molecule has 0 bridgehead atoms. The van der Waals surface area contributed by atoms with Gasteiger partial charge in [-0.25, -0.2) is 0 Å². The van der Waals surface area contributed by atoms with Crippen LogP contribution in [-0.2, 0) is 6.61 Å². The van der Waals surface area contributed by atoms with Gasteiger partial charge >= 0.3 is 0 Å². The third kappa shape index (κ3) is 3.78.